The molecule has 0 aromatic heterocycles. The van der Waals surface area contributed by atoms with Crippen molar-refractivity contribution in [3.63, 3.8) is 0 Å². The van der Waals surface area contributed by atoms with Crippen molar-refractivity contribution in [1.29, 1.82) is 0 Å². The number of hydrogen-bond acceptors (Lipinski definition) is 3. The molecule has 0 aliphatic heterocycles. The van der Waals surface area contributed by atoms with Crippen molar-refractivity contribution in [2.45, 2.75) is 41.5 Å². The standard InChI is InChI=1S/C9H17N3O.C2H6/c1-5-11-12-8(4)6-10-9(13)7(2)3;1-2/h5,7H,6H2,1-4H3,(H,10,13);1-2H3/b11-5-,12-8+;. The summed E-state index contributed by atoms with van der Waals surface area (Å²) < 4.78 is 0. The maximum Gasteiger partial charge on any atom is 0.222 e. The summed E-state index contributed by atoms with van der Waals surface area (Å²) in [5.41, 5.74) is 0.798. The fourth-order valence-electron chi connectivity index (χ4n) is 0.611. The highest BCUT2D eigenvalue weighted by Gasteiger charge is 2.05. The second-order valence-corrected chi connectivity index (χ2v) is 3.08. The highest BCUT2D eigenvalue weighted by atomic mass is 16.1. The number of rotatable bonds is 4. The van der Waals surface area contributed by atoms with Crippen LogP contribution in [0.25, 0.3) is 0 Å². The smallest absolute Gasteiger partial charge is 0.222 e. The summed E-state index contributed by atoms with van der Waals surface area (Å²) in [6.07, 6.45) is 1.60. The number of hydrogen-bond donors (Lipinski definition) is 1. The van der Waals surface area contributed by atoms with E-state index < -0.39 is 0 Å². The van der Waals surface area contributed by atoms with Gasteiger partial charge in [0.15, 0.2) is 0 Å². The first-order valence-corrected chi connectivity index (χ1v) is 5.36. The van der Waals surface area contributed by atoms with Crippen LogP contribution in [0.2, 0.25) is 0 Å². The van der Waals surface area contributed by atoms with Crippen molar-refractivity contribution in [3.8, 4) is 0 Å². The van der Waals surface area contributed by atoms with Gasteiger partial charge in [0.2, 0.25) is 5.91 Å². The Morgan fingerprint density at radius 1 is 1.40 bits per heavy atom. The molecule has 0 aliphatic carbocycles. The topological polar surface area (TPSA) is 53.8 Å². The summed E-state index contributed by atoms with van der Waals surface area (Å²) in [7, 11) is 0. The second kappa shape index (κ2) is 10.9. The van der Waals surface area contributed by atoms with Crippen LogP contribution in [0.3, 0.4) is 0 Å². The van der Waals surface area contributed by atoms with E-state index in [9.17, 15) is 4.79 Å². The summed E-state index contributed by atoms with van der Waals surface area (Å²) in [5.74, 6) is 0.0532. The molecule has 1 N–H and O–H groups in total. The van der Waals surface area contributed by atoms with Crippen LogP contribution in [0.15, 0.2) is 10.2 Å². The van der Waals surface area contributed by atoms with Gasteiger partial charge in [0.05, 0.1) is 12.3 Å². The summed E-state index contributed by atoms with van der Waals surface area (Å²) in [4.78, 5) is 11.1. The fraction of sp³-hybridized carbons (Fsp3) is 0.727. The Kier molecular flexibility index (Phi) is 11.8. The van der Waals surface area contributed by atoms with Gasteiger partial charge in [-0.3, -0.25) is 4.79 Å². The van der Waals surface area contributed by atoms with Gasteiger partial charge in [-0.25, -0.2) is 0 Å². The molecule has 0 aliphatic rings. The first kappa shape index (κ1) is 16.2. The highest BCUT2D eigenvalue weighted by Crippen LogP contribution is 1.89. The molecule has 88 valence electrons. The van der Waals surface area contributed by atoms with Crippen LogP contribution in [-0.4, -0.2) is 24.4 Å². The van der Waals surface area contributed by atoms with Gasteiger partial charge >= 0.3 is 0 Å². The van der Waals surface area contributed by atoms with Crippen molar-refractivity contribution in [2.75, 3.05) is 6.54 Å². The quantitative estimate of drug-likeness (QED) is 0.565. The molecule has 4 nitrogen and oxygen atoms in total. The van der Waals surface area contributed by atoms with Gasteiger partial charge in [-0.1, -0.05) is 27.7 Å². The van der Waals surface area contributed by atoms with Crippen LogP contribution in [0.5, 0.6) is 0 Å². The predicted octanol–water partition coefficient (Wildman–Crippen LogP) is 2.25. The largest absolute Gasteiger partial charge is 0.351 e. The van der Waals surface area contributed by atoms with Crippen LogP contribution in [0, 0.1) is 5.92 Å². The van der Waals surface area contributed by atoms with Crippen molar-refractivity contribution in [1.82, 2.24) is 5.32 Å². The van der Waals surface area contributed by atoms with E-state index in [1.807, 2.05) is 34.6 Å². The highest BCUT2D eigenvalue weighted by molar-refractivity contribution is 5.88. The Hall–Kier alpha value is -1.19. The van der Waals surface area contributed by atoms with Gasteiger partial charge in [-0.05, 0) is 13.8 Å². The van der Waals surface area contributed by atoms with Gasteiger partial charge in [0, 0.05) is 12.1 Å². The van der Waals surface area contributed by atoms with E-state index in [0.717, 1.165) is 5.71 Å². The first-order valence-electron chi connectivity index (χ1n) is 5.36. The Bertz CT molecular complexity index is 220. The van der Waals surface area contributed by atoms with E-state index in [-0.39, 0.29) is 11.8 Å². The number of carbonyl (C=O) groups excluding carboxylic acids is 1. The van der Waals surface area contributed by atoms with Gasteiger partial charge in [-0.2, -0.15) is 10.2 Å². The second-order valence-electron chi connectivity index (χ2n) is 3.08. The van der Waals surface area contributed by atoms with Crippen LogP contribution < -0.4 is 5.32 Å². The zero-order chi connectivity index (χ0) is 12.3. The summed E-state index contributed by atoms with van der Waals surface area (Å²) in [6, 6.07) is 0. The average Bonchev–Trinajstić information content (AvgIpc) is 2.25. The average molecular weight is 213 g/mol. The molecule has 0 saturated heterocycles. The van der Waals surface area contributed by atoms with Crippen LogP contribution in [0.1, 0.15) is 41.5 Å². The zero-order valence-corrected chi connectivity index (χ0v) is 10.7. The van der Waals surface area contributed by atoms with Crippen LogP contribution >= 0.6 is 0 Å². The SMILES string of the molecule is C/C=N\N=C(/C)CNC(=O)C(C)C.CC. The monoisotopic (exact) mass is 213 g/mol. The minimum Gasteiger partial charge on any atom is -0.351 e. The van der Waals surface area contributed by atoms with Crippen LogP contribution in [0.4, 0.5) is 0 Å². The van der Waals surface area contributed by atoms with E-state index in [1.54, 1.807) is 13.1 Å². The van der Waals surface area contributed by atoms with E-state index >= 15 is 0 Å². The van der Waals surface area contributed by atoms with Crippen molar-refractivity contribution < 1.29 is 4.79 Å². The van der Waals surface area contributed by atoms with E-state index in [4.69, 9.17) is 0 Å². The molecule has 0 radical (unpaired) electrons. The molecule has 0 heterocycles. The predicted molar refractivity (Wildman–Crippen MR) is 66.5 cm³/mol. The van der Waals surface area contributed by atoms with Crippen molar-refractivity contribution in [3.05, 3.63) is 0 Å². The molecule has 0 spiro atoms. The summed E-state index contributed by atoms with van der Waals surface area (Å²) >= 11 is 0. The van der Waals surface area contributed by atoms with E-state index in [0.29, 0.717) is 6.54 Å². The number of amides is 1. The fourth-order valence-corrected chi connectivity index (χ4v) is 0.611. The van der Waals surface area contributed by atoms with E-state index in [1.165, 1.54) is 0 Å². The lowest BCUT2D eigenvalue weighted by Gasteiger charge is -2.05. The Morgan fingerprint density at radius 3 is 2.33 bits per heavy atom. The van der Waals surface area contributed by atoms with Crippen molar-refractivity contribution in [2.24, 2.45) is 16.1 Å². The molecule has 0 rings (SSSR count). The molecule has 0 aromatic rings. The zero-order valence-electron chi connectivity index (χ0n) is 10.7. The molecule has 0 fully saturated rings. The Labute approximate surface area is 92.9 Å². The normalized spacial score (nSPS) is 11.3. The van der Waals surface area contributed by atoms with Gasteiger partial charge in [0.1, 0.15) is 0 Å². The number of carbonyl (C=O) groups is 1. The molecule has 4 heteroatoms. The summed E-state index contributed by atoms with van der Waals surface area (Å²) in [5, 5.41) is 10.3. The lowest BCUT2D eigenvalue weighted by molar-refractivity contribution is -0.123. The molecular formula is C11H23N3O. The molecule has 0 unspecified atom stereocenters. The molecule has 0 saturated carbocycles. The number of nitrogens with zero attached hydrogens (tertiary/aromatic N) is 2. The first-order chi connectivity index (χ1) is 7.07. The Balaban J connectivity index is 0. The lowest BCUT2D eigenvalue weighted by atomic mass is 10.2. The maximum atomic E-state index is 11.1. The third-order valence-electron chi connectivity index (χ3n) is 1.39. The molecule has 0 aromatic carbocycles. The minimum absolute atomic E-state index is 0.0162. The maximum absolute atomic E-state index is 11.1. The van der Waals surface area contributed by atoms with E-state index in [2.05, 4.69) is 15.5 Å². The molecule has 0 atom stereocenters. The third-order valence-corrected chi connectivity index (χ3v) is 1.39. The summed E-state index contributed by atoms with van der Waals surface area (Å²) in [6.45, 7) is 11.8. The minimum atomic E-state index is 0.0162. The van der Waals surface area contributed by atoms with Gasteiger partial charge in [0.25, 0.3) is 0 Å². The van der Waals surface area contributed by atoms with Gasteiger partial charge in [-0.15, -0.1) is 0 Å². The number of nitrogens with one attached hydrogen (secondary N) is 1. The molecule has 1 amide bonds. The Morgan fingerprint density at radius 2 is 1.93 bits per heavy atom. The van der Waals surface area contributed by atoms with Crippen molar-refractivity contribution >= 4 is 17.8 Å². The van der Waals surface area contributed by atoms with Gasteiger partial charge < -0.3 is 5.32 Å². The van der Waals surface area contributed by atoms with Crippen LogP contribution in [-0.2, 0) is 4.79 Å². The molecular weight excluding hydrogens is 190 g/mol. The molecule has 15 heavy (non-hydrogen) atoms. The lowest BCUT2D eigenvalue weighted by Crippen LogP contribution is -2.31. The third kappa shape index (κ3) is 10.7. The molecule has 0 bridgehead atoms.